The second kappa shape index (κ2) is 15.6. The van der Waals surface area contributed by atoms with Crippen LogP contribution in [-0.2, 0) is 24.3 Å². The SMILES string of the molecule is CC(C)[C@@H](CN(Cc1cccc(Cl)c1Cl)C(=S)Nc1ccc(Cl)cc1Cl)NC(=O)Cc1cncn1Cc1ccc(C#N)cc1. The van der Waals surface area contributed by atoms with Crippen molar-refractivity contribution in [2.24, 2.45) is 5.92 Å². The number of imidazole rings is 1. The van der Waals surface area contributed by atoms with Gasteiger partial charge in [-0.2, -0.15) is 5.26 Å². The molecule has 0 bridgehead atoms. The van der Waals surface area contributed by atoms with E-state index in [1.807, 2.05) is 47.6 Å². The zero-order valence-electron chi connectivity index (χ0n) is 24.0. The molecule has 1 heterocycles. The normalized spacial score (nSPS) is 11.6. The van der Waals surface area contributed by atoms with Crippen molar-refractivity contribution in [2.45, 2.75) is 39.4 Å². The highest BCUT2D eigenvalue weighted by Gasteiger charge is 2.24. The highest BCUT2D eigenvalue weighted by molar-refractivity contribution is 7.80. The number of amides is 1. The molecule has 1 amide bonds. The molecule has 0 aliphatic rings. The van der Waals surface area contributed by atoms with Crippen LogP contribution in [0.3, 0.4) is 0 Å². The maximum Gasteiger partial charge on any atom is 0.226 e. The third-order valence-corrected chi connectivity index (χ3v) is 8.76. The molecule has 4 aromatic rings. The van der Waals surface area contributed by atoms with Gasteiger partial charge in [0.2, 0.25) is 5.91 Å². The van der Waals surface area contributed by atoms with Crippen LogP contribution in [0.15, 0.2) is 73.2 Å². The molecule has 1 atom stereocenters. The van der Waals surface area contributed by atoms with Crippen molar-refractivity contribution in [2.75, 3.05) is 11.9 Å². The fourth-order valence-electron chi connectivity index (χ4n) is 4.48. The number of benzene rings is 3. The van der Waals surface area contributed by atoms with Crippen LogP contribution >= 0.6 is 58.6 Å². The Hall–Kier alpha value is -3.32. The van der Waals surface area contributed by atoms with Crippen LogP contribution in [0.5, 0.6) is 0 Å². The van der Waals surface area contributed by atoms with Crippen molar-refractivity contribution in [3.8, 4) is 6.07 Å². The van der Waals surface area contributed by atoms with Gasteiger partial charge in [0.25, 0.3) is 0 Å². The molecular weight excluding hydrogens is 658 g/mol. The first-order valence-electron chi connectivity index (χ1n) is 13.7. The summed E-state index contributed by atoms with van der Waals surface area (Å²) in [5, 5.41) is 17.7. The molecule has 1 aromatic heterocycles. The Morgan fingerprint density at radius 3 is 2.50 bits per heavy atom. The number of aromatic nitrogens is 2. The van der Waals surface area contributed by atoms with Gasteiger partial charge in [-0.25, -0.2) is 4.98 Å². The van der Waals surface area contributed by atoms with Gasteiger partial charge in [-0.05, 0) is 65.7 Å². The first kappa shape index (κ1) is 33.6. The van der Waals surface area contributed by atoms with E-state index in [0.717, 1.165) is 16.8 Å². The van der Waals surface area contributed by atoms with Crippen LogP contribution in [0, 0.1) is 17.2 Å². The summed E-state index contributed by atoms with van der Waals surface area (Å²) in [4.78, 5) is 19.6. The molecule has 3 aromatic carbocycles. The molecule has 0 fully saturated rings. The van der Waals surface area contributed by atoms with Gasteiger partial charge in [0.15, 0.2) is 5.11 Å². The summed E-state index contributed by atoms with van der Waals surface area (Å²) in [5.41, 5.74) is 3.75. The van der Waals surface area contributed by atoms with E-state index in [4.69, 9.17) is 63.9 Å². The molecule has 0 aliphatic carbocycles. The molecule has 0 saturated carbocycles. The van der Waals surface area contributed by atoms with E-state index >= 15 is 0 Å². The molecule has 228 valence electrons. The van der Waals surface area contributed by atoms with Gasteiger partial charge < -0.3 is 20.1 Å². The van der Waals surface area contributed by atoms with Crippen molar-refractivity contribution in [3.63, 3.8) is 0 Å². The Balaban J connectivity index is 1.50. The molecule has 44 heavy (non-hydrogen) atoms. The fraction of sp³-hybridized carbons (Fsp3) is 0.250. The highest BCUT2D eigenvalue weighted by atomic mass is 35.5. The third kappa shape index (κ3) is 9.10. The Morgan fingerprint density at radius 2 is 1.82 bits per heavy atom. The molecule has 4 rings (SSSR count). The predicted molar refractivity (Wildman–Crippen MR) is 183 cm³/mol. The molecule has 0 unspecified atom stereocenters. The van der Waals surface area contributed by atoms with Gasteiger partial charge in [0.05, 0.1) is 45.1 Å². The second-order valence-electron chi connectivity index (χ2n) is 10.6. The summed E-state index contributed by atoms with van der Waals surface area (Å²) in [6, 6.07) is 19.7. The maximum absolute atomic E-state index is 13.4. The van der Waals surface area contributed by atoms with Crippen molar-refractivity contribution < 1.29 is 4.79 Å². The molecule has 0 radical (unpaired) electrons. The lowest BCUT2D eigenvalue weighted by Crippen LogP contribution is -2.49. The number of hydrogen-bond acceptors (Lipinski definition) is 4. The number of rotatable bonds is 11. The summed E-state index contributed by atoms with van der Waals surface area (Å²) >= 11 is 31.2. The second-order valence-corrected chi connectivity index (χ2v) is 12.6. The van der Waals surface area contributed by atoms with Crippen LogP contribution in [-0.4, -0.2) is 38.1 Å². The lowest BCUT2D eigenvalue weighted by Gasteiger charge is -2.33. The molecule has 0 aliphatic heterocycles. The standard InChI is InChI=1S/C32H30Cl4N6OS/c1-20(2)29(39-30(43)13-25-15-38-19-42(25)16-22-8-6-21(14-37)7-9-22)18-41(17-23-4-3-5-26(34)31(23)36)32(44)40-28-11-10-24(33)12-27(28)35/h3-12,15,19-20,29H,13,16-18H2,1-2H3,(H,39,43)(H,40,44)/t29-/m1/s1. The maximum atomic E-state index is 13.4. The van der Waals surface area contributed by atoms with Crippen LogP contribution in [0.2, 0.25) is 20.1 Å². The predicted octanol–water partition coefficient (Wildman–Crippen LogP) is 8.00. The van der Waals surface area contributed by atoms with Gasteiger partial charge >= 0.3 is 0 Å². The zero-order chi connectivity index (χ0) is 31.8. The van der Waals surface area contributed by atoms with Crippen LogP contribution in [0.25, 0.3) is 0 Å². The summed E-state index contributed by atoms with van der Waals surface area (Å²) in [5.74, 6) is -0.0765. The van der Waals surface area contributed by atoms with Gasteiger partial charge in [0.1, 0.15) is 0 Å². The van der Waals surface area contributed by atoms with E-state index in [-0.39, 0.29) is 24.3 Å². The topological polar surface area (TPSA) is 86.0 Å². The summed E-state index contributed by atoms with van der Waals surface area (Å²) in [6.45, 7) is 5.33. The van der Waals surface area contributed by atoms with Crippen LogP contribution in [0.1, 0.15) is 36.2 Å². The number of thiocarbonyl (C=S) groups is 1. The lowest BCUT2D eigenvalue weighted by atomic mass is 10.0. The quantitative estimate of drug-likeness (QED) is 0.156. The molecule has 0 spiro atoms. The molecule has 7 nitrogen and oxygen atoms in total. The smallest absolute Gasteiger partial charge is 0.226 e. The van der Waals surface area contributed by atoms with Crippen LogP contribution in [0.4, 0.5) is 5.69 Å². The minimum absolute atomic E-state index is 0.0711. The fourth-order valence-corrected chi connectivity index (χ4v) is 5.57. The highest BCUT2D eigenvalue weighted by Crippen LogP contribution is 2.29. The van der Waals surface area contributed by atoms with Crippen LogP contribution < -0.4 is 10.6 Å². The number of nitriles is 1. The molecular formula is C32H30Cl4N6OS. The number of halogens is 4. The monoisotopic (exact) mass is 686 g/mol. The van der Waals surface area contributed by atoms with E-state index in [1.54, 1.807) is 48.9 Å². The number of carbonyl (C=O) groups excluding carboxylic acids is 1. The number of nitrogens with zero attached hydrogens (tertiary/aromatic N) is 4. The van der Waals surface area contributed by atoms with Gasteiger partial charge in [-0.1, -0.05) is 84.5 Å². The van der Waals surface area contributed by atoms with E-state index in [2.05, 4.69) is 21.7 Å². The largest absolute Gasteiger partial charge is 0.351 e. The van der Waals surface area contributed by atoms with Gasteiger partial charge in [-0.15, -0.1) is 0 Å². The van der Waals surface area contributed by atoms with Gasteiger partial charge in [0, 0.05) is 42.6 Å². The minimum Gasteiger partial charge on any atom is -0.351 e. The van der Waals surface area contributed by atoms with E-state index < -0.39 is 0 Å². The third-order valence-electron chi connectivity index (χ3n) is 7.00. The first-order chi connectivity index (χ1) is 21.0. The molecule has 0 saturated heterocycles. The Bertz CT molecular complexity index is 1670. The van der Waals surface area contributed by atoms with Crippen molar-refractivity contribution in [3.05, 3.63) is 116 Å². The molecule has 12 heteroatoms. The number of nitrogens with one attached hydrogen (secondary N) is 2. The Morgan fingerprint density at radius 1 is 1.07 bits per heavy atom. The zero-order valence-corrected chi connectivity index (χ0v) is 27.9. The van der Waals surface area contributed by atoms with Crippen molar-refractivity contribution in [1.29, 1.82) is 5.26 Å². The average molecular weight is 689 g/mol. The van der Waals surface area contributed by atoms with Gasteiger partial charge in [-0.3, -0.25) is 4.79 Å². The Kier molecular flexibility index (Phi) is 11.9. The summed E-state index contributed by atoms with van der Waals surface area (Å²) < 4.78 is 1.92. The number of anilines is 1. The van der Waals surface area contributed by atoms with E-state index in [0.29, 0.717) is 56.1 Å². The number of hydrogen-bond donors (Lipinski definition) is 2. The van der Waals surface area contributed by atoms with Crippen molar-refractivity contribution >= 4 is 75.3 Å². The van der Waals surface area contributed by atoms with Crippen molar-refractivity contribution in [1.82, 2.24) is 19.8 Å². The Labute approximate surface area is 282 Å². The van der Waals surface area contributed by atoms with E-state index in [9.17, 15) is 4.79 Å². The first-order valence-corrected chi connectivity index (χ1v) is 15.7. The lowest BCUT2D eigenvalue weighted by molar-refractivity contribution is -0.121. The summed E-state index contributed by atoms with van der Waals surface area (Å²) in [7, 11) is 0. The van der Waals surface area contributed by atoms with E-state index in [1.165, 1.54) is 0 Å². The average Bonchev–Trinajstić information content (AvgIpc) is 3.42. The molecule has 2 N–H and O–H groups in total. The number of carbonyl (C=O) groups is 1. The summed E-state index contributed by atoms with van der Waals surface area (Å²) in [6.07, 6.45) is 3.53. The minimum atomic E-state index is -0.268.